The summed E-state index contributed by atoms with van der Waals surface area (Å²) in [6.07, 6.45) is 3.99. The molecule has 0 bridgehead atoms. The first-order valence-corrected chi connectivity index (χ1v) is 6.24. The predicted molar refractivity (Wildman–Crippen MR) is 64.1 cm³/mol. The molecule has 1 aliphatic rings. The molecule has 0 aliphatic heterocycles. The number of aryl methyl sites for hydroxylation is 1. The maximum absolute atomic E-state index is 5.92. The van der Waals surface area contributed by atoms with Crippen molar-refractivity contribution in [3.63, 3.8) is 0 Å². The van der Waals surface area contributed by atoms with Gasteiger partial charge in [-0.15, -0.1) is 0 Å². The van der Waals surface area contributed by atoms with Gasteiger partial charge in [0.05, 0.1) is 6.10 Å². The van der Waals surface area contributed by atoms with Gasteiger partial charge >= 0.3 is 0 Å². The third kappa shape index (κ3) is 2.71. The Balaban J connectivity index is 2.04. The minimum Gasteiger partial charge on any atom is -0.488 e. The molecule has 2 nitrogen and oxygen atoms in total. The van der Waals surface area contributed by atoms with Crippen LogP contribution in [0.2, 0.25) is 0 Å². The monoisotopic (exact) mass is 269 g/mol. The third-order valence-electron chi connectivity index (χ3n) is 2.89. The van der Waals surface area contributed by atoms with Crippen LogP contribution in [0.3, 0.4) is 0 Å². The second kappa shape index (κ2) is 4.52. The molecular weight excluding hydrogens is 254 g/mol. The van der Waals surface area contributed by atoms with Crippen molar-refractivity contribution < 1.29 is 4.74 Å². The Labute approximate surface area is 99.2 Å². The summed E-state index contributed by atoms with van der Waals surface area (Å²) in [5.74, 6) is 1.67. The van der Waals surface area contributed by atoms with Gasteiger partial charge in [-0.2, -0.15) is 0 Å². The number of halogens is 1. The Morgan fingerprint density at radius 3 is 2.80 bits per heavy atom. The van der Waals surface area contributed by atoms with E-state index in [1.165, 1.54) is 19.3 Å². The maximum Gasteiger partial charge on any atom is 0.152 e. The zero-order valence-electron chi connectivity index (χ0n) is 9.16. The summed E-state index contributed by atoms with van der Waals surface area (Å²) in [5, 5.41) is 0. The Bertz CT molecular complexity index is 353. The van der Waals surface area contributed by atoms with Crippen LogP contribution in [0.4, 0.5) is 0 Å². The average molecular weight is 270 g/mol. The van der Waals surface area contributed by atoms with Crippen molar-refractivity contribution in [1.29, 1.82) is 0 Å². The molecule has 1 saturated carbocycles. The molecule has 0 saturated heterocycles. The second-order valence-electron chi connectivity index (χ2n) is 4.40. The first kappa shape index (κ1) is 10.9. The summed E-state index contributed by atoms with van der Waals surface area (Å²) in [7, 11) is 0. The fourth-order valence-electron chi connectivity index (χ4n) is 2.04. The van der Waals surface area contributed by atoms with E-state index in [-0.39, 0.29) is 0 Å². The zero-order chi connectivity index (χ0) is 10.8. The van der Waals surface area contributed by atoms with Crippen molar-refractivity contribution in [2.45, 2.75) is 39.2 Å². The van der Waals surface area contributed by atoms with Gasteiger partial charge in [0.1, 0.15) is 4.60 Å². The van der Waals surface area contributed by atoms with Crippen LogP contribution in [0.25, 0.3) is 0 Å². The van der Waals surface area contributed by atoms with Crippen LogP contribution in [-0.2, 0) is 0 Å². The van der Waals surface area contributed by atoms with Gasteiger partial charge in [0.2, 0.25) is 0 Å². The molecule has 0 N–H and O–H groups in total. The van der Waals surface area contributed by atoms with Crippen LogP contribution in [-0.4, -0.2) is 11.1 Å². The summed E-state index contributed by atoms with van der Waals surface area (Å²) in [5.41, 5.74) is 1.01. The molecule has 2 rings (SSSR count). The Hall–Kier alpha value is -0.570. The van der Waals surface area contributed by atoms with Crippen molar-refractivity contribution in [2.75, 3.05) is 0 Å². The van der Waals surface area contributed by atoms with Crippen LogP contribution < -0.4 is 4.74 Å². The quantitative estimate of drug-likeness (QED) is 0.764. The zero-order valence-corrected chi connectivity index (χ0v) is 10.8. The number of ether oxygens (including phenoxy) is 1. The molecule has 82 valence electrons. The van der Waals surface area contributed by atoms with Crippen molar-refractivity contribution in [3.05, 3.63) is 22.4 Å². The van der Waals surface area contributed by atoms with E-state index in [1.54, 1.807) is 0 Å². The van der Waals surface area contributed by atoms with Crippen molar-refractivity contribution in [2.24, 2.45) is 5.92 Å². The minimum absolute atomic E-state index is 0.376. The normalized spacial score (nSPS) is 25.5. The van der Waals surface area contributed by atoms with Crippen LogP contribution >= 0.6 is 15.9 Å². The van der Waals surface area contributed by atoms with Gasteiger partial charge in [-0.25, -0.2) is 4.98 Å². The van der Waals surface area contributed by atoms with E-state index < -0.39 is 0 Å². The number of nitrogens with zero attached hydrogens (tertiary/aromatic N) is 1. The number of hydrogen-bond donors (Lipinski definition) is 0. The topological polar surface area (TPSA) is 22.1 Å². The van der Waals surface area contributed by atoms with Crippen LogP contribution in [0.15, 0.2) is 16.7 Å². The smallest absolute Gasteiger partial charge is 0.152 e. The van der Waals surface area contributed by atoms with E-state index in [4.69, 9.17) is 4.74 Å². The highest BCUT2D eigenvalue weighted by atomic mass is 79.9. The lowest BCUT2D eigenvalue weighted by Crippen LogP contribution is -2.12. The molecule has 3 heteroatoms. The Kier molecular flexibility index (Phi) is 3.29. The number of hydrogen-bond acceptors (Lipinski definition) is 2. The summed E-state index contributed by atoms with van der Waals surface area (Å²) in [6, 6.07) is 3.98. The van der Waals surface area contributed by atoms with Crippen molar-refractivity contribution >= 4 is 15.9 Å². The molecule has 1 fully saturated rings. The molecule has 1 aliphatic carbocycles. The standard InChI is InChI=1S/C12H16BrNO/c1-8-3-5-10(7-8)15-11-6-4-9(2)14-12(11)13/h4,6,8,10H,3,5,7H2,1-2H3/t8-,10-/m0/s1. The summed E-state index contributed by atoms with van der Waals surface area (Å²) >= 11 is 3.43. The third-order valence-corrected chi connectivity index (χ3v) is 3.46. The van der Waals surface area contributed by atoms with Gasteiger partial charge in [-0.1, -0.05) is 6.92 Å². The summed E-state index contributed by atoms with van der Waals surface area (Å²) in [6.45, 7) is 4.26. The highest BCUT2D eigenvalue weighted by Crippen LogP contribution is 2.31. The average Bonchev–Trinajstić information content (AvgIpc) is 2.56. The first-order chi connectivity index (χ1) is 7.15. The lowest BCUT2D eigenvalue weighted by molar-refractivity contribution is 0.203. The highest BCUT2D eigenvalue weighted by molar-refractivity contribution is 9.10. The largest absolute Gasteiger partial charge is 0.488 e. The molecule has 1 heterocycles. The lowest BCUT2D eigenvalue weighted by Gasteiger charge is -2.14. The van der Waals surface area contributed by atoms with Gasteiger partial charge in [0.15, 0.2) is 5.75 Å². The Morgan fingerprint density at radius 1 is 1.40 bits per heavy atom. The SMILES string of the molecule is Cc1ccc(O[C@H]2CC[C@H](C)C2)c(Br)n1. The molecule has 0 spiro atoms. The van der Waals surface area contributed by atoms with Crippen LogP contribution in [0.1, 0.15) is 31.9 Å². The molecule has 0 aromatic carbocycles. The Morgan fingerprint density at radius 2 is 2.20 bits per heavy atom. The summed E-state index contributed by atoms with van der Waals surface area (Å²) in [4.78, 5) is 4.33. The molecule has 1 aromatic rings. The van der Waals surface area contributed by atoms with E-state index in [0.717, 1.165) is 22.0 Å². The van der Waals surface area contributed by atoms with Gasteiger partial charge in [0, 0.05) is 5.69 Å². The van der Waals surface area contributed by atoms with E-state index in [0.29, 0.717) is 6.10 Å². The molecule has 0 unspecified atom stereocenters. The predicted octanol–water partition coefficient (Wildman–Crippen LogP) is 3.72. The molecule has 1 aromatic heterocycles. The highest BCUT2D eigenvalue weighted by Gasteiger charge is 2.23. The second-order valence-corrected chi connectivity index (χ2v) is 5.15. The molecule has 0 amide bonds. The fourth-order valence-corrected chi connectivity index (χ4v) is 2.55. The molecular formula is C12H16BrNO. The van der Waals surface area contributed by atoms with E-state index in [1.807, 2.05) is 19.1 Å². The number of pyridine rings is 1. The molecule has 15 heavy (non-hydrogen) atoms. The molecule has 2 atom stereocenters. The van der Waals surface area contributed by atoms with Gasteiger partial charge in [-0.3, -0.25) is 0 Å². The maximum atomic E-state index is 5.92. The van der Waals surface area contributed by atoms with Crippen LogP contribution in [0.5, 0.6) is 5.75 Å². The van der Waals surface area contributed by atoms with Crippen molar-refractivity contribution in [3.8, 4) is 5.75 Å². The molecule has 0 radical (unpaired) electrons. The van der Waals surface area contributed by atoms with Crippen LogP contribution in [0, 0.1) is 12.8 Å². The fraction of sp³-hybridized carbons (Fsp3) is 0.583. The number of aromatic nitrogens is 1. The van der Waals surface area contributed by atoms with E-state index >= 15 is 0 Å². The lowest BCUT2D eigenvalue weighted by atomic mass is 10.1. The summed E-state index contributed by atoms with van der Waals surface area (Å²) < 4.78 is 6.74. The van der Waals surface area contributed by atoms with Gasteiger partial charge < -0.3 is 4.74 Å². The van der Waals surface area contributed by atoms with Gasteiger partial charge in [0.25, 0.3) is 0 Å². The number of rotatable bonds is 2. The van der Waals surface area contributed by atoms with Crippen molar-refractivity contribution in [1.82, 2.24) is 4.98 Å². The van der Waals surface area contributed by atoms with E-state index in [9.17, 15) is 0 Å². The van der Waals surface area contributed by atoms with E-state index in [2.05, 4.69) is 27.8 Å². The van der Waals surface area contributed by atoms with Gasteiger partial charge in [-0.05, 0) is 60.2 Å². The minimum atomic E-state index is 0.376. The first-order valence-electron chi connectivity index (χ1n) is 5.45.